The van der Waals surface area contributed by atoms with E-state index < -0.39 is 0 Å². The average Bonchev–Trinajstić information content (AvgIpc) is 2.91. The van der Waals surface area contributed by atoms with Crippen LogP contribution in [0.2, 0.25) is 0 Å². The number of piperidine rings is 1. The highest BCUT2D eigenvalue weighted by Crippen LogP contribution is 2.27. The number of carbonyl (C=O) groups excluding carboxylic acids is 1. The summed E-state index contributed by atoms with van der Waals surface area (Å²) in [5.41, 5.74) is 2.39. The smallest absolute Gasteiger partial charge is 0.320 e. The highest BCUT2D eigenvalue weighted by molar-refractivity contribution is 5.95. The first kappa shape index (κ1) is 15.3. The van der Waals surface area contributed by atoms with E-state index >= 15 is 0 Å². The maximum atomic E-state index is 12.6. The Hall–Kier alpha value is -1.55. The van der Waals surface area contributed by atoms with Gasteiger partial charge in [-0.05, 0) is 51.3 Å². The van der Waals surface area contributed by atoms with E-state index in [-0.39, 0.29) is 12.1 Å². The first-order valence-electron chi connectivity index (χ1n) is 8.56. The quantitative estimate of drug-likeness (QED) is 0.928. The van der Waals surface area contributed by atoms with Crippen LogP contribution in [0.4, 0.5) is 10.5 Å². The second-order valence-electron chi connectivity index (χ2n) is 6.70. The van der Waals surface area contributed by atoms with E-state index in [1.807, 2.05) is 15.9 Å². The van der Waals surface area contributed by atoms with E-state index in [9.17, 15) is 4.79 Å². The first-order valence-corrected chi connectivity index (χ1v) is 8.56. The van der Waals surface area contributed by atoms with Gasteiger partial charge in [-0.2, -0.15) is 0 Å². The molecule has 120 valence electrons. The van der Waals surface area contributed by atoms with Gasteiger partial charge in [0.1, 0.15) is 0 Å². The van der Waals surface area contributed by atoms with Crippen LogP contribution in [0.5, 0.6) is 0 Å². The summed E-state index contributed by atoms with van der Waals surface area (Å²) in [7, 11) is 0. The van der Waals surface area contributed by atoms with Gasteiger partial charge in [0.25, 0.3) is 0 Å². The van der Waals surface area contributed by atoms with Crippen LogP contribution in [0.3, 0.4) is 0 Å². The van der Waals surface area contributed by atoms with Crippen molar-refractivity contribution in [2.45, 2.75) is 51.6 Å². The number of nitrogens with zero attached hydrogens (tertiary/aromatic N) is 2. The third-order valence-electron chi connectivity index (χ3n) is 4.83. The van der Waals surface area contributed by atoms with E-state index in [1.54, 1.807) is 0 Å². The van der Waals surface area contributed by atoms with Gasteiger partial charge in [0.05, 0.1) is 0 Å². The Balaban J connectivity index is 1.78. The fraction of sp³-hybridized carbons (Fsp3) is 0.611. The molecule has 4 nitrogen and oxygen atoms in total. The second-order valence-corrected chi connectivity index (χ2v) is 6.70. The minimum Gasteiger partial charge on any atom is -0.320 e. The zero-order chi connectivity index (χ0) is 15.5. The molecule has 3 rings (SSSR count). The maximum absolute atomic E-state index is 12.6. The van der Waals surface area contributed by atoms with Crippen molar-refractivity contribution in [3.05, 3.63) is 29.8 Å². The van der Waals surface area contributed by atoms with Crippen molar-refractivity contribution in [2.24, 2.45) is 0 Å². The predicted molar refractivity (Wildman–Crippen MR) is 90.4 cm³/mol. The number of carbonyl (C=O) groups is 1. The molecule has 0 aliphatic carbocycles. The summed E-state index contributed by atoms with van der Waals surface area (Å²) in [6.07, 6.45) is 4.84. The number of rotatable bonds is 4. The van der Waals surface area contributed by atoms with E-state index in [1.165, 1.54) is 24.8 Å². The van der Waals surface area contributed by atoms with Gasteiger partial charge in [-0.1, -0.05) is 24.6 Å². The van der Waals surface area contributed by atoms with Gasteiger partial charge in [0.15, 0.2) is 0 Å². The Labute approximate surface area is 133 Å². The lowest BCUT2D eigenvalue weighted by molar-refractivity contribution is 0.209. The zero-order valence-electron chi connectivity index (χ0n) is 13.7. The number of benzene rings is 1. The summed E-state index contributed by atoms with van der Waals surface area (Å²) in [5.74, 6) is 0. The van der Waals surface area contributed by atoms with E-state index in [2.05, 4.69) is 37.4 Å². The van der Waals surface area contributed by atoms with Gasteiger partial charge in [-0.3, -0.25) is 4.90 Å². The zero-order valence-corrected chi connectivity index (χ0v) is 13.7. The van der Waals surface area contributed by atoms with Crippen molar-refractivity contribution in [1.29, 1.82) is 0 Å². The molecule has 2 heterocycles. The maximum Gasteiger partial charge on any atom is 0.324 e. The van der Waals surface area contributed by atoms with Crippen LogP contribution in [0.25, 0.3) is 0 Å². The van der Waals surface area contributed by atoms with Crippen LogP contribution in [0.1, 0.15) is 38.7 Å². The van der Waals surface area contributed by atoms with Crippen molar-refractivity contribution in [1.82, 2.24) is 10.2 Å². The minimum absolute atomic E-state index is 0.152. The number of hydrogen-bond acceptors (Lipinski definition) is 2. The van der Waals surface area contributed by atoms with Gasteiger partial charge < -0.3 is 10.2 Å². The van der Waals surface area contributed by atoms with E-state index in [0.29, 0.717) is 6.04 Å². The number of nitrogens with one attached hydrogen (secondary N) is 1. The lowest BCUT2D eigenvalue weighted by atomic mass is 9.96. The lowest BCUT2D eigenvalue weighted by Crippen LogP contribution is -2.38. The molecule has 0 radical (unpaired) electrons. The van der Waals surface area contributed by atoms with Crippen LogP contribution in [0, 0.1) is 0 Å². The van der Waals surface area contributed by atoms with Crippen molar-refractivity contribution in [3.8, 4) is 0 Å². The Morgan fingerprint density at radius 1 is 1.23 bits per heavy atom. The van der Waals surface area contributed by atoms with Crippen molar-refractivity contribution in [3.63, 3.8) is 0 Å². The molecular weight excluding hydrogens is 274 g/mol. The number of urea groups is 1. The molecule has 22 heavy (non-hydrogen) atoms. The highest BCUT2D eigenvalue weighted by atomic mass is 16.2. The van der Waals surface area contributed by atoms with Gasteiger partial charge in [0.2, 0.25) is 0 Å². The predicted octanol–water partition coefficient (Wildman–Crippen LogP) is 3.02. The van der Waals surface area contributed by atoms with Crippen molar-refractivity contribution >= 4 is 11.7 Å². The fourth-order valence-electron chi connectivity index (χ4n) is 3.57. The molecule has 1 N–H and O–H groups in total. The number of anilines is 1. The average molecular weight is 301 g/mol. The molecule has 2 aliphatic rings. The molecular formula is C18H27N3O. The Bertz CT molecular complexity index is 523. The largest absolute Gasteiger partial charge is 0.324 e. The number of amides is 2. The summed E-state index contributed by atoms with van der Waals surface area (Å²) < 4.78 is 0. The Kier molecular flexibility index (Phi) is 4.67. The third kappa shape index (κ3) is 3.12. The van der Waals surface area contributed by atoms with Crippen LogP contribution in [-0.4, -0.2) is 42.6 Å². The summed E-state index contributed by atoms with van der Waals surface area (Å²) in [6, 6.07) is 9.37. The normalized spacial score (nSPS) is 22.7. The molecule has 1 aromatic carbocycles. The van der Waals surface area contributed by atoms with Crippen molar-refractivity contribution in [2.75, 3.05) is 24.5 Å². The summed E-state index contributed by atoms with van der Waals surface area (Å²) in [5, 5.41) is 3.61. The molecule has 0 bridgehead atoms. The van der Waals surface area contributed by atoms with E-state index in [4.69, 9.17) is 0 Å². The minimum atomic E-state index is 0.152. The molecule has 0 aromatic heterocycles. The fourth-order valence-corrected chi connectivity index (χ4v) is 3.57. The number of para-hydroxylation sites is 1. The molecule has 2 amide bonds. The summed E-state index contributed by atoms with van der Waals surface area (Å²) >= 11 is 0. The highest BCUT2D eigenvalue weighted by Gasteiger charge is 2.32. The SMILES string of the molecule is CC(C)N1CCN(c2ccccc2CC2CCCCN2)C1=O. The Morgan fingerprint density at radius 3 is 2.73 bits per heavy atom. The van der Waals surface area contributed by atoms with Crippen LogP contribution < -0.4 is 10.2 Å². The molecule has 2 fully saturated rings. The molecule has 2 aliphatic heterocycles. The molecule has 1 atom stereocenters. The summed E-state index contributed by atoms with van der Waals surface area (Å²) in [6.45, 7) is 6.91. The molecule has 0 saturated carbocycles. The summed E-state index contributed by atoms with van der Waals surface area (Å²) in [4.78, 5) is 16.5. The molecule has 4 heteroatoms. The molecule has 1 unspecified atom stereocenters. The Morgan fingerprint density at radius 2 is 2.05 bits per heavy atom. The van der Waals surface area contributed by atoms with Gasteiger partial charge >= 0.3 is 6.03 Å². The lowest BCUT2D eigenvalue weighted by Gasteiger charge is -2.27. The van der Waals surface area contributed by atoms with Gasteiger partial charge in [-0.15, -0.1) is 0 Å². The first-order chi connectivity index (χ1) is 10.7. The van der Waals surface area contributed by atoms with Crippen molar-refractivity contribution < 1.29 is 4.79 Å². The standard InChI is InChI=1S/C18H27N3O/c1-14(2)20-11-12-21(18(20)22)17-9-4-3-7-15(17)13-16-8-5-6-10-19-16/h3-4,7,9,14,16,19H,5-6,8,10-13H2,1-2H3. The monoisotopic (exact) mass is 301 g/mol. The van der Waals surface area contributed by atoms with Gasteiger partial charge in [0, 0.05) is 30.9 Å². The third-order valence-corrected chi connectivity index (χ3v) is 4.83. The second kappa shape index (κ2) is 6.69. The van der Waals surface area contributed by atoms with Crippen LogP contribution in [-0.2, 0) is 6.42 Å². The number of hydrogen-bond donors (Lipinski definition) is 1. The molecule has 2 saturated heterocycles. The molecule has 0 spiro atoms. The van der Waals surface area contributed by atoms with E-state index in [0.717, 1.165) is 31.7 Å². The topological polar surface area (TPSA) is 35.6 Å². The molecule has 1 aromatic rings. The van der Waals surface area contributed by atoms with Gasteiger partial charge in [-0.25, -0.2) is 4.79 Å². The van der Waals surface area contributed by atoms with Crippen LogP contribution >= 0.6 is 0 Å². The van der Waals surface area contributed by atoms with Crippen LogP contribution in [0.15, 0.2) is 24.3 Å².